The van der Waals surface area contributed by atoms with Crippen molar-refractivity contribution in [2.45, 2.75) is 77.0 Å². The van der Waals surface area contributed by atoms with Crippen LogP contribution < -0.4 is 0 Å². The van der Waals surface area contributed by atoms with E-state index in [4.69, 9.17) is 0 Å². The third-order valence-electron chi connectivity index (χ3n) is 11.3. The van der Waals surface area contributed by atoms with Gasteiger partial charge in [0, 0.05) is 11.1 Å². The van der Waals surface area contributed by atoms with Gasteiger partial charge >= 0.3 is 0 Å². The Balaban J connectivity index is 1.42. The van der Waals surface area contributed by atoms with Crippen LogP contribution in [0.5, 0.6) is 11.5 Å². The predicted octanol–water partition coefficient (Wildman–Crippen LogP) is 10.0. The molecule has 4 bridgehead atoms. The lowest BCUT2D eigenvalue weighted by Crippen LogP contribution is -2.66. The Labute approximate surface area is 245 Å². The number of rotatable bonds is 4. The van der Waals surface area contributed by atoms with E-state index in [1.807, 2.05) is 48.5 Å². The summed E-state index contributed by atoms with van der Waals surface area (Å²) in [6.45, 7) is 9.93. The standard InChI is InChI=1S/C39H42O2/c1-35(2,3)39-23-36(4)21-37(25-39,29-15-17-33(40)31(19-29)27-11-7-5-8-12-27)24-38(22-36,26-39)30-16-18-34(41)32(20-30)28-13-9-6-10-14-28/h5-20,40-41H,21-26H2,1-4H3. The van der Waals surface area contributed by atoms with Crippen molar-refractivity contribution in [2.75, 3.05) is 0 Å². The van der Waals surface area contributed by atoms with Crippen LogP contribution in [0.1, 0.15) is 77.3 Å². The molecule has 41 heavy (non-hydrogen) atoms. The second kappa shape index (κ2) is 8.74. The first-order valence-corrected chi connectivity index (χ1v) is 15.2. The average Bonchev–Trinajstić information content (AvgIpc) is 2.92. The normalized spacial score (nSPS) is 30.4. The Bertz CT molecular complexity index is 1510. The van der Waals surface area contributed by atoms with E-state index in [0.717, 1.165) is 28.7 Å². The van der Waals surface area contributed by atoms with Gasteiger partial charge in [0.2, 0.25) is 0 Å². The van der Waals surface area contributed by atoms with Gasteiger partial charge in [-0.25, -0.2) is 0 Å². The van der Waals surface area contributed by atoms with E-state index >= 15 is 0 Å². The molecule has 2 nitrogen and oxygen atoms in total. The van der Waals surface area contributed by atoms with Crippen molar-refractivity contribution in [3.05, 3.63) is 108 Å². The van der Waals surface area contributed by atoms with Crippen molar-refractivity contribution in [1.82, 2.24) is 0 Å². The van der Waals surface area contributed by atoms with Gasteiger partial charge < -0.3 is 10.2 Å². The molecule has 0 heterocycles. The van der Waals surface area contributed by atoms with Gasteiger partial charge in [-0.05, 0) is 112 Å². The predicted molar refractivity (Wildman–Crippen MR) is 168 cm³/mol. The summed E-state index contributed by atoms with van der Waals surface area (Å²) in [5, 5.41) is 21.9. The van der Waals surface area contributed by atoms with Crippen molar-refractivity contribution in [3.8, 4) is 33.8 Å². The molecule has 0 spiro atoms. The third-order valence-corrected chi connectivity index (χ3v) is 11.3. The number of hydrogen-bond donors (Lipinski definition) is 2. The zero-order valence-corrected chi connectivity index (χ0v) is 24.9. The molecule has 210 valence electrons. The lowest BCUT2D eigenvalue weighted by Gasteiger charge is -2.73. The molecule has 4 aromatic rings. The van der Waals surface area contributed by atoms with Crippen molar-refractivity contribution in [2.24, 2.45) is 16.2 Å². The zero-order valence-electron chi connectivity index (χ0n) is 24.9. The average molecular weight is 543 g/mol. The molecular weight excluding hydrogens is 500 g/mol. The van der Waals surface area contributed by atoms with Crippen LogP contribution in [0.15, 0.2) is 97.1 Å². The van der Waals surface area contributed by atoms with E-state index in [0.29, 0.717) is 11.5 Å². The highest BCUT2D eigenvalue weighted by atomic mass is 16.3. The van der Waals surface area contributed by atoms with Crippen LogP contribution in [0.25, 0.3) is 22.3 Å². The summed E-state index contributed by atoms with van der Waals surface area (Å²) in [6, 6.07) is 33.5. The maximum atomic E-state index is 11.0. The maximum absolute atomic E-state index is 11.0. The molecule has 2 heteroatoms. The Morgan fingerprint density at radius 3 is 1.39 bits per heavy atom. The van der Waals surface area contributed by atoms with Crippen LogP contribution in [0.3, 0.4) is 0 Å². The largest absolute Gasteiger partial charge is 0.507 e. The highest BCUT2D eigenvalue weighted by Gasteiger charge is 2.69. The molecule has 0 saturated heterocycles. The van der Waals surface area contributed by atoms with Crippen molar-refractivity contribution < 1.29 is 10.2 Å². The summed E-state index contributed by atoms with van der Waals surface area (Å²) in [4.78, 5) is 0. The van der Waals surface area contributed by atoms with E-state index in [-0.39, 0.29) is 27.1 Å². The highest BCUT2D eigenvalue weighted by molar-refractivity contribution is 5.72. The molecule has 4 fully saturated rings. The van der Waals surface area contributed by atoms with Crippen molar-refractivity contribution >= 4 is 0 Å². The Kier molecular flexibility index (Phi) is 5.63. The molecule has 2 unspecified atom stereocenters. The zero-order chi connectivity index (χ0) is 28.7. The molecule has 2 N–H and O–H groups in total. The molecule has 4 saturated carbocycles. The molecule has 0 aliphatic heterocycles. The molecule has 0 radical (unpaired) electrons. The van der Waals surface area contributed by atoms with Crippen LogP contribution in [0, 0.1) is 16.2 Å². The van der Waals surface area contributed by atoms with E-state index in [9.17, 15) is 10.2 Å². The summed E-state index contributed by atoms with van der Waals surface area (Å²) in [5.41, 5.74) is 7.37. The molecule has 0 aromatic heterocycles. The first-order valence-electron chi connectivity index (χ1n) is 15.2. The van der Waals surface area contributed by atoms with Gasteiger partial charge in [0.25, 0.3) is 0 Å². The number of benzene rings is 4. The minimum absolute atomic E-state index is 0.0266. The van der Waals surface area contributed by atoms with Crippen LogP contribution in [0.2, 0.25) is 0 Å². The fraction of sp³-hybridized carbons (Fsp3) is 0.385. The van der Waals surface area contributed by atoms with Crippen LogP contribution in [-0.4, -0.2) is 10.2 Å². The summed E-state index contributed by atoms with van der Waals surface area (Å²) in [6.07, 6.45) is 7.10. The third kappa shape index (κ3) is 4.05. The molecule has 2 atom stereocenters. The second-order valence-electron chi connectivity index (χ2n) is 15.2. The van der Waals surface area contributed by atoms with Gasteiger partial charge in [-0.2, -0.15) is 0 Å². The van der Waals surface area contributed by atoms with Crippen LogP contribution >= 0.6 is 0 Å². The number of phenols is 2. The molecule has 4 aromatic carbocycles. The summed E-state index contributed by atoms with van der Waals surface area (Å²) in [5.74, 6) is 0.698. The minimum Gasteiger partial charge on any atom is -0.507 e. The quantitative estimate of drug-likeness (QED) is 0.269. The smallest absolute Gasteiger partial charge is 0.123 e. The van der Waals surface area contributed by atoms with Crippen molar-refractivity contribution in [1.29, 1.82) is 0 Å². The summed E-state index contributed by atoms with van der Waals surface area (Å²) >= 11 is 0. The van der Waals surface area contributed by atoms with Gasteiger partial charge in [0.1, 0.15) is 11.5 Å². The summed E-state index contributed by atoms with van der Waals surface area (Å²) < 4.78 is 0. The Morgan fingerprint density at radius 1 is 0.537 bits per heavy atom. The first-order chi connectivity index (χ1) is 19.5. The minimum atomic E-state index is 0.0266. The van der Waals surface area contributed by atoms with Gasteiger partial charge in [0.15, 0.2) is 0 Å². The van der Waals surface area contributed by atoms with Gasteiger partial charge in [0.05, 0.1) is 0 Å². The maximum Gasteiger partial charge on any atom is 0.123 e. The van der Waals surface area contributed by atoms with Crippen LogP contribution in [0.4, 0.5) is 0 Å². The molecular formula is C39H42O2. The number of hydrogen-bond acceptors (Lipinski definition) is 2. The second-order valence-corrected chi connectivity index (χ2v) is 15.2. The lowest BCUT2D eigenvalue weighted by atomic mass is 9.31. The Hall–Kier alpha value is -3.52. The fourth-order valence-electron chi connectivity index (χ4n) is 9.98. The van der Waals surface area contributed by atoms with E-state index < -0.39 is 0 Å². The molecule has 4 aliphatic rings. The van der Waals surface area contributed by atoms with Gasteiger partial charge in [-0.3, -0.25) is 0 Å². The summed E-state index contributed by atoms with van der Waals surface area (Å²) in [7, 11) is 0. The van der Waals surface area contributed by atoms with Crippen LogP contribution in [-0.2, 0) is 10.8 Å². The fourth-order valence-corrected chi connectivity index (χ4v) is 9.98. The van der Waals surface area contributed by atoms with Crippen molar-refractivity contribution in [3.63, 3.8) is 0 Å². The first kappa shape index (κ1) is 26.4. The monoisotopic (exact) mass is 542 g/mol. The Morgan fingerprint density at radius 2 is 0.976 bits per heavy atom. The topological polar surface area (TPSA) is 40.5 Å². The van der Waals surface area contributed by atoms with Gasteiger partial charge in [-0.15, -0.1) is 0 Å². The number of aromatic hydroxyl groups is 2. The van der Waals surface area contributed by atoms with E-state index in [1.54, 1.807) is 0 Å². The number of phenolic OH excluding ortho intramolecular Hbond substituents is 2. The highest BCUT2D eigenvalue weighted by Crippen LogP contribution is 2.77. The molecule has 4 aliphatic carbocycles. The lowest BCUT2D eigenvalue weighted by molar-refractivity contribution is -0.176. The molecule has 8 rings (SSSR count). The SMILES string of the molecule is CC12CC3(c4ccc(O)c(-c5ccccc5)c4)CC(c4ccc(O)c(-c5ccccc5)c4)(C1)CC(C(C)(C)C)(C2)C3. The van der Waals surface area contributed by atoms with E-state index in [2.05, 4.69) is 76.2 Å². The van der Waals surface area contributed by atoms with E-state index in [1.165, 1.54) is 43.2 Å². The van der Waals surface area contributed by atoms with Gasteiger partial charge in [-0.1, -0.05) is 100 Å². The molecule has 0 amide bonds.